The Labute approximate surface area is 237 Å². The third kappa shape index (κ3) is 8.88. The van der Waals surface area contributed by atoms with Gasteiger partial charge in [-0.2, -0.15) is 13.1 Å². The summed E-state index contributed by atoms with van der Waals surface area (Å²) in [7, 11) is -4.50. The molecule has 1 aliphatic heterocycles. The number of benzene rings is 2. The maximum absolute atomic E-state index is 14.1. The minimum absolute atomic E-state index is 0.122. The van der Waals surface area contributed by atoms with Crippen molar-refractivity contribution >= 4 is 22.0 Å². The Morgan fingerprint density at radius 1 is 1.05 bits per heavy atom. The van der Waals surface area contributed by atoms with Gasteiger partial charge in [0.15, 0.2) is 11.6 Å². The second-order valence-electron chi connectivity index (χ2n) is 9.94. The molecule has 1 N–H and O–H groups in total. The van der Waals surface area contributed by atoms with Crippen molar-refractivity contribution in [1.82, 2.24) is 14.5 Å². The van der Waals surface area contributed by atoms with Gasteiger partial charge in [-0.1, -0.05) is 6.07 Å². The molecule has 2 amide bonds. The fraction of sp³-hybridized carbons (Fsp3) is 0.440. The van der Waals surface area contributed by atoms with E-state index in [-0.39, 0.29) is 25.2 Å². The molecular formula is C25H27F6N3O7S. The zero-order valence-corrected chi connectivity index (χ0v) is 23.3. The van der Waals surface area contributed by atoms with Crippen molar-refractivity contribution in [3.8, 4) is 11.5 Å². The summed E-state index contributed by atoms with van der Waals surface area (Å²) in [6.45, 7) is 0.204. The van der Waals surface area contributed by atoms with E-state index in [1.165, 1.54) is 6.07 Å². The first-order valence-electron chi connectivity index (χ1n) is 12.2. The summed E-state index contributed by atoms with van der Waals surface area (Å²) >= 11 is 0. The fourth-order valence-electron chi connectivity index (χ4n) is 3.86. The molecule has 0 radical (unpaired) electrons. The Morgan fingerprint density at radius 2 is 1.69 bits per heavy atom. The Bertz CT molecular complexity index is 1380. The van der Waals surface area contributed by atoms with Crippen molar-refractivity contribution in [3.05, 3.63) is 53.8 Å². The number of amides is 2. The number of piperazine rings is 1. The van der Waals surface area contributed by atoms with Crippen molar-refractivity contribution in [2.45, 2.75) is 56.8 Å². The van der Waals surface area contributed by atoms with E-state index in [1.54, 1.807) is 20.8 Å². The molecule has 0 spiro atoms. The van der Waals surface area contributed by atoms with Crippen molar-refractivity contribution in [2.75, 3.05) is 19.6 Å². The predicted octanol–water partition coefficient (Wildman–Crippen LogP) is 4.25. The van der Waals surface area contributed by atoms with E-state index < -0.39 is 75.4 Å². The first kappa shape index (κ1) is 32.8. The van der Waals surface area contributed by atoms with Gasteiger partial charge in [-0.3, -0.25) is 4.79 Å². The lowest BCUT2D eigenvalue weighted by molar-refractivity contribution is -0.274. The maximum atomic E-state index is 14.1. The van der Waals surface area contributed by atoms with Crippen molar-refractivity contribution in [2.24, 2.45) is 0 Å². The molecule has 1 atom stereocenters. The minimum Gasteiger partial charge on any atom is -0.444 e. The highest BCUT2D eigenvalue weighted by atomic mass is 32.2. The molecule has 2 aromatic carbocycles. The average molecular weight is 628 g/mol. The van der Waals surface area contributed by atoms with Crippen LogP contribution in [0.3, 0.4) is 0 Å². The van der Waals surface area contributed by atoms with Crippen LogP contribution in [-0.4, -0.2) is 73.9 Å². The molecule has 0 aliphatic carbocycles. The van der Waals surface area contributed by atoms with Gasteiger partial charge in [0.05, 0.1) is 4.90 Å². The van der Waals surface area contributed by atoms with E-state index in [1.807, 2.05) is 0 Å². The summed E-state index contributed by atoms with van der Waals surface area (Å²) in [6.07, 6.45) is -5.82. The summed E-state index contributed by atoms with van der Waals surface area (Å²) in [5.74, 6) is -3.41. The first-order valence-corrected chi connectivity index (χ1v) is 13.7. The van der Waals surface area contributed by atoms with Crippen LogP contribution in [0.15, 0.2) is 47.4 Å². The first-order chi connectivity index (χ1) is 19.4. The number of carbonyl (C=O) groups excluding carboxylic acids is 2. The van der Waals surface area contributed by atoms with Crippen LogP contribution in [0, 0.1) is 5.82 Å². The molecule has 1 fully saturated rings. The Kier molecular flexibility index (Phi) is 9.87. The lowest BCUT2D eigenvalue weighted by atomic mass is 10.1. The van der Waals surface area contributed by atoms with E-state index in [0.29, 0.717) is 0 Å². The van der Waals surface area contributed by atoms with Gasteiger partial charge in [0.1, 0.15) is 17.4 Å². The van der Waals surface area contributed by atoms with Crippen LogP contribution >= 0.6 is 0 Å². The van der Waals surface area contributed by atoms with E-state index in [4.69, 9.17) is 4.74 Å². The average Bonchev–Trinajstić information content (AvgIpc) is 2.86. The molecule has 42 heavy (non-hydrogen) atoms. The van der Waals surface area contributed by atoms with Gasteiger partial charge in [-0.25, -0.2) is 17.6 Å². The van der Waals surface area contributed by atoms with Crippen LogP contribution in [-0.2, 0) is 26.1 Å². The summed E-state index contributed by atoms with van der Waals surface area (Å²) < 4.78 is 117. The van der Waals surface area contributed by atoms with E-state index in [9.17, 15) is 44.3 Å². The lowest BCUT2D eigenvalue weighted by Crippen LogP contribution is -2.61. The smallest absolute Gasteiger partial charge is 0.444 e. The van der Waals surface area contributed by atoms with E-state index >= 15 is 0 Å². The van der Waals surface area contributed by atoms with E-state index in [2.05, 4.69) is 14.8 Å². The van der Waals surface area contributed by atoms with Gasteiger partial charge in [-0.15, -0.1) is 13.2 Å². The van der Waals surface area contributed by atoms with Gasteiger partial charge in [0.25, 0.3) is 0 Å². The highest BCUT2D eigenvalue weighted by Crippen LogP contribution is 2.28. The number of sulfonamides is 1. The monoisotopic (exact) mass is 627 g/mol. The number of nitrogens with one attached hydrogen (secondary N) is 1. The van der Waals surface area contributed by atoms with Crippen molar-refractivity contribution in [1.29, 1.82) is 0 Å². The van der Waals surface area contributed by atoms with Gasteiger partial charge < -0.3 is 24.4 Å². The second kappa shape index (κ2) is 12.6. The van der Waals surface area contributed by atoms with Crippen molar-refractivity contribution < 1.29 is 58.6 Å². The molecule has 0 bridgehead atoms. The van der Waals surface area contributed by atoms with Crippen molar-refractivity contribution in [3.63, 3.8) is 0 Å². The minimum atomic E-state index is -5.00. The Balaban J connectivity index is 1.84. The van der Waals surface area contributed by atoms with Gasteiger partial charge >= 0.3 is 19.1 Å². The summed E-state index contributed by atoms with van der Waals surface area (Å²) in [5.41, 5.74) is -0.778. The SMILES string of the molecule is CC(C)(C)OC(=O)N1CCN(S(=O)(=O)c2ccc(OC(F)(F)F)cc2)C(C(=O)NCc2ccc(OC(F)F)c(F)c2)C1. The molecule has 17 heteroatoms. The summed E-state index contributed by atoms with van der Waals surface area (Å²) in [6, 6.07) is 4.77. The molecular weight excluding hydrogens is 600 g/mol. The van der Waals surface area contributed by atoms with Crippen LogP contribution in [0.5, 0.6) is 11.5 Å². The molecule has 1 unspecified atom stereocenters. The molecule has 1 saturated heterocycles. The number of nitrogens with zero attached hydrogens (tertiary/aromatic N) is 2. The molecule has 0 saturated carbocycles. The van der Waals surface area contributed by atoms with Crippen LogP contribution in [0.4, 0.5) is 31.1 Å². The Hall–Kier alpha value is -3.73. The number of carbonyl (C=O) groups is 2. The molecule has 3 rings (SSSR count). The number of ether oxygens (including phenoxy) is 3. The van der Waals surface area contributed by atoms with Crippen LogP contribution < -0.4 is 14.8 Å². The van der Waals surface area contributed by atoms with Crippen LogP contribution in [0.25, 0.3) is 0 Å². The molecule has 1 aliphatic rings. The number of hydrogen-bond acceptors (Lipinski definition) is 7. The Morgan fingerprint density at radius 3 is 2.24 bits per heavy atom. The van der Waals surface area contributed by atoms with E-state index in [0.717, 1.165) is 45.6 Å². The zero-order chi connectivity index (χ0) is 31.5. The topological polar surface area (TPSA) is 114 Å². The fourth-order valence-corrected chi connectivity index (χ4v) is 5.43. The molecule has 232 valence electrons. The number of halogens is 6. The third-order valence-corrected chi connectivity index (χ3v) is 7.55. The van der Waals surface area contributed by atoms with Gasteiger partial charge in [0, 0.05) is 26.2 Å². The summed E-state index contributed by atoms with van der Waals surface area (Å²) in [4.78, 5) is 26.6. The number of rotatable bonds is 8. The van der Waals surface area contributed by atoms with Gasteiger partial charge in [-0.05, 0) is 62.7 Å². The zero-order valence-electron chi connectivity index (χ0n) is 22.5. The molecule has 0 aromatic heterocycles. The molecule has 1 heterocycles. The quantitative estimate of drug-likeness (QED) is 0.436. The predicted molar refractivity (Wildman–Crippen MR) is 133 cm³/mol. The second-order valence-corrected chi connectivity index (χ2v) is 11.8. The standard InChI is InChI=1S/C25H27F6N3O7S/c1-24(2,3)41-23(36)33-10-11-34(42(37,38)17-7-5-16(6-8-17)40-25(29,30)31)19(14-33)21(35)32-13-15-4-9-20(18(26)12-15)39-22(27)28/h4-9,12,19,22H,10-11,13-14H2,1-3H3,(H,32,35). The number of hydrogen-bond donors (Lipinski definition) is 1. The normalized spacial score (nSPS) is 16.7. The lowest BCUT2D eigenvalue weighted by Gasteiger charge is -2.39. The number of alkyl halides is 5. The van der Waals surface area contributed by atoms with Gasteiger partial charge in [0.2, 0.25) is 15.9 Å². The third-order valence-electron chi connectivity index (χ3n) is 5.63. The summed E-state index contributed by atoms with van der Waals surface area (Å²) in [5, 5.41) is 2.43. The van der Waals surface area contributed by atoms with Crippen LogP contribution in [0.2, 0.25) is 0 Å². The maximum Gasteiger partial charge on any atom is 0.573 e. The largest absolute Gasteiger partial charge is 0.573 e. The molecule has 10 nitrogen and oxygen atoms in total. The highest BCUT2D eigenvalue weighted by molar-refractivity contribution is 7.89. The van der Waals surface area contributed by atoms with Crippen LogP contribution in [0.1, 0.15) is 26.3 Å². The molecule has 2 aromatic rings. The highest BCUT2D eigenvalue weighted by Gasteiger charge is 2.42.